The highest BCUT2D eigenvalue weighted by atomic mass is 16.5. The molecule has 0 atom stereocenters. The lowest BCUT2D eigenvalue weighted by atomic mass is 10.1. The van der Waals surface area contributed by atoms with Crippen LogP contribution in [-0.4, -0.2) is 56.2 Å². The number of anilines is 1. The molecule has 0 spiro atoms. The second-order valence-corrected chi connectivity index (χ2v) is 5.93. The van der Waals surface area contributed by atoms with Crippen molar-refractivity contribution in [2.24, 2.45) is 0 Å². The number of rotatable bonds is 5. The number of nitrogens with zero attached hydrogens (tertiary/aromatic N) is 3. The van der Waals surface area contributed by atoms with Crippen LogP contribution in [-0.2, 0) is 4.79 Å². The Labute approximate surface area is 153 Å². The minimum absolute atomic E-state index is 0.00394. The first-order valence-electron chi connectivity index (χ1n) is 8.56. The van der Waals surface area contributed by atoms with Crippen LogP contribution < -0.4 is 14.4 Å². The van der Waals surface area contributed by atoms with E-state index in [9.17, 15) is 4.79 Å². The van der Waals surface area contributed by atoms with E-state index < -0.39 is 0 Å². The molecule has 6 heteroatoms. The van der Waals surface area contributed by atoms with E-state index in [1.54, 1.807) is 38.8 Å². The van der Waals surface area contributed by atoms with Gasteiger partial charge in [0.05, 0.1) is 14.2 Å². The summed E-state index contributed by atoms with van der Waals surface area (Å²) in [6.45, 7) is 3.01. The predicted octanol–water partition coefficient (Wildman–Crippen LogP) is 2.46. The number of piperazine rings is 1. The molecule has 2 aromatic rings. The van der Waals surface area contributed by atoms with Crippen LogP contribution >= 0.6 is 0 Å². The molecule has 0 saturated carbocycles. The van der Waals surface area contributed by atoms with Gasteiger partial charge < -0.3 is 19.3 Å². The van der Waals surface area contributed by atoms with Gasteiger partial charge in [-0.05, 0) is 24.3 Å². The normalized spacial score (nSPS) is 14.5. The fourth-order valence-electron chi connectivity index (χ4n) is 3.05. The van der Waals surface area contributed by atoms with Gasteiger partial charge in [0.2, 0.25) is 5.91 Å². The number of carbonyl (C=O) groups is 1. The lowest BCUT2D eigenvalue weighted by Gasteiger charge is -2.35. The standard InChI is InChI=1S/C20H23N3O3/c1-25-18-5-3-4-16(20(18)26-2)6-7-19(24)23-14-12-22(13-15-23)17-8-10-21-11-9-17/h3-11H,12-15H2,1-2H3/b7-6-. The van der Waals surface area contributed by atoms with Crippen molar-refractivity contribution in [1.29, 1.82) is 0 Å². The van der Waals surface area contributed by atoms with Gasteiger partial charge in [0.1, 0.15) is 0 Å². The Morgan fingerprint density at radius 3 is 2.42 bits per heavy atom. The second kappa shape index (κ2) is 8.38. The van der Waals surface area contributed by atoms with Gasteiger partial charge in [-0.2, -0.15) is 0 Å². The summed E-state index contributed by atoms with van der Waals surface area (Å²) < 4.78 is 10.7. The monoisotopic (exact) mass is 353 g/mol. The zero-order valence-corrected chi connectivity index (χ0v) is 15.1. The molecule has 6 nitrogen and oxygen atoms in total. The molecule has 26 heavy (non-hydrogen) atoms. The molecular formula is C20H23N3O3. The minimum atomic E-state index is 0.00394. The minimum Gasteiger partial charge on any atom is -0.493 e. The average molecular weight is 353 g/mol. The van der Waals surface area contributed by atoms with Crippen molar-refractivity contribution >= 4 is 17.7 Å². The van der Waals surface area contributed by atoms with Gasteiger partial charge in [-0.15, -0.1) is 0 Å². The summed E-state index contributed by atoms with van der Waals surface area (Å²) in [5.74, 6) is 1.28. The molecule has 0 radical (unpaired) electrons. The predicted molar refractivity (Wildman–Crippen MR) is 102 cm³/mol. The Bertz CT molecular complexity index is 769. The van der Waals surface area contributed by atoms with Crippen LogP contribution in [0.2, 0.25) is 0 Å². The zero-order valence-electron chi connectivity index (χ0n) is 15.1. The van der Waals surface area contributed by atoms with E-state index in [-0.39, 0.29) is 5.91 Å². The highest BCUT2D eigenvalue weighted by Crippen LogP contribution is 2.31. The van der Waals surface area contributed by atoms with Crippen LogP contribution in [0.5, 0.6) is 11.5 Å². The maximum Gasteiger partial charge on any atom is 0.246 e. The summed E-state index contributed by atoms with van der Waals surface area (Å²) in [5.41, 5.74) is 1.96. The van der Waals surface area contributed by atoms with E-state index in [1.165, 1.54) is 0 Å². The molecule has 1 amide bonds. The molecule has 2 heterocycles. The maximum absolute atomic E-state index is 12.5. The summed E-state index contributed by atoms with van der Waals surface area (Å²) in [6.07, 6.45) is 6.95. The van der Waals surface area contributed by atoms with E-state index >= 15 is 0 Å². The highest BCUT2D eigenvalue weighted by Gasteiger charge is 2.19. The van der Waals surface area contributed by atoms with Crippen LogP contribution in [0.4, 0.5) is 5.69 Å². The van der Waals surface area contributed by atoms with Crippen LogP contribution in [0, 0.1) is 0 Å². The Balaban J connectivity index is 1.62. The maximum atomic E-state index is 12.5. The first kappa shape index (κ1) is 17.8. The fraction of sp³-hybridized carbons (Fsp3) is 0.300. The SMILES string of the molecule is COc1cccc(/C=C\C(=O)N2CCN(c3ccncc3)CC2)c1OC. The van der Waals surface area contributed by atoms with Crippen LogP contribution in [0.25, 0.3) is 6.08 Å². The third-order valence-electron chi connectivity index (χ3n) is 4.46. The third-order valence-corrected chi connectivity index (χ3v) is 4.46. The van der Waals surface area contributed by atoms with Gasteiger partial charge >= 0.3 is 0 Å². The fourth-order valence-corrected chi connectivity index (χ4v) is 3.05. The van der Waals surface area contributed by atoms with Crippen molar-refractivity contribution in [3.8, 4) is 11.5 Å². The van der Waals surface area contributed by atoms with Crippen molar-refractivity contribution in [2.75, 3.05) is 45.3 Å². The summed E-state index contributed by atoms with van der Waals surface area (Å²) in [6, 6.07) is 9.58. The number of pyridine rings is 1. The van der Waals surface area contributed by atoms with E-state index in [2.05, 4.69) is 9.88 Å². The lowest BCUT2D eigenvalue weighted by Crippen LogP contribution is -2.48. The van der Waals surface area contributed by atoms with Gasteiger partial charge in [-0.25, -0.2) is 0 Å². The molecule has 1 aromatic heterocycles. The summed E-state index contributed by atoms with van der Waals surface area (Å²) in [4.78, 5) is 20.7. The smallest absolute Gasteiger partial charge is 0.246 e. The molecule has 1 aliphatic heterocycles. The lowest BCUT2D eigenvalue weighted by molar-refractivity contribution is -0.126. The van der Waals surface area contributed by atoms with Gasteiger partial charge in [0.15, 0.2) is 11.5 Å². The Morgan fingerprint density at radius 1 is 1.04 bits per heavy atom. The zero-order chi connectivity index (χ0) is 18.4. The number of aromatic nitrogens is 1. The average Bonchev–Trinajstić information content (AvgIpc) is 2.72. The van der Waals surface area contributed by atoms with Crippen LogP contribution in [0.1, 0.15) is 5.56 Å². The molecule has 3 rings (SSSR count). The Morgan fingerprint density at radius 2 is 1.77 bits per heavy atom. The molecule has 1 fully saturated rings. The van der Waals surface area contributed by atoms with Crippen molar-refractivity contribution in [2.45, 2.75) is 0 Å². The number of ether oxygens (including phenoxy) is 2. The van der Waals surface area contributed by atoms with Gasteiger partial charge in [0.25, 0.3) is 0 Å². The van der Waals surface area contributed by atoms with E-state index in [0.717, 1.165) is 24.3 Å². The number of amides is 1. The molecule has 0 N–H and O–H groups in total. The first-order chi connectivity index (χ1) is 12.7. The van der Waals surface area contributed by atoms with Gasteiger partial charge in [-0.3, -0.25) is 9.78 Å². The van der Waals surface area contributed by atoms with Crippen LogP contribution in [0.15, 0.2) is 48.8 Å². The Hall–Kier alpha value is -3.02. The quantitative estimate of drug-likeness (QED) is 0.773. The van der Waals surface area contributed by atoms with E-state index in [0.29, 0.717) is 24.6 Å². The van der Waals surface area contributed by atoms with Gasteiger partial charge in [0, 0.05) is 55.9 Å². The number of hydrogen-bond acceptors (Lipinski definition) is 5. The second-order valence-electron chi connectivity index (χ2n) is 5.93. The highest BCUT2D eigenvalue weighted by molar-refractivity contribution is 5.92. The number of carbonyl (C=O) groups excluding carboxylic acids is 1. The van der Waals surface area contributed by atoms with Gasteiger partial charge in [-0.1, -0.05) is 12.1 Å². The molecule has 1 aromatic carbocycles. The topological polar surface area (TPSA) is 54.9 Å². The third kappa shape index (κ3) is 3.96. The van der Waals surface area contributed by atoms with Crippen LogP contribution in [0.3, 0.4) is 0 Å². The Kier molecular flexibility index (Phi) is 5.73. The van der Waals surface area contributed by atoms with E-state index in [1.807, 2.05) is 35.2 Å². The van der Waals surface area contributed by atoms with Crippen molar-refractivity contribution in [3.63, 3.8) is 0 Å². The molecule has 0 aliphatic carbocycles. The molecule has 136 valence electrons. The number of methoxy groups -OCH3 is 2. The molecule has 1 aliphatic rings. The van der Waals surface area contributed by atoms with E-state index in [4.69, 9.17) is 9.47 Å². The summed E-state index contributed by atoms with van der Waals surface area (Å²) in [5, 5.41) is 0. The van der Waals surface area contributed by atoms with Crippen molar-refractivity contribution in [3.05, 3.63) is 54.4 Å². The molecule has 1 saturated heterocycles. The first-order valence-corrected chi connectivity index (χ1v) is 8.56. The number of benzene rings is 1. The largest absolute Gasteiger partial charge is 0.493 e. The number of para-hydroxylation sites is 1. The van der Waals surface area contributed by atoms with Crippen molar-refractivity contribution < 1.29 is 14.3 Å². The summed E-state index contributed by atoms with van der Waals surface area (Å²) >= 11 is 0. The molecular weight excluding hydrogens is 330 g/mol. The molecule has 0 bridgehead atoms. The summed E-state index contributed by atoms with van der Waals surface area (Å²) in [7, 11) is 3.19. The number of hydrogen-bond donors (Lipinski definition) is 0. The van der Waals surface area contributed by atoms with Crippen molar-refractivity contribution in [1.82, 2.24) is 9.88 Å². The molecule has 0 unspecified atom stereocenters.